The average Bonchev–Trinajstić information content (AvgIpc) is 3.53. The Kier molecular flexibility index (Phi) is 5.22. The zero-order valence-electron chi connectivity index (χ0n) is 17.8. The number of piperidine rings is 1. The van der Waals surface area contributed by atoms with E-state index in [1.54, 1.807) is 24.1 Å². The molecule has 11 heteroatoms. The second-order valence-corrected chi connectivity index (χ2v) is 8.65. The van der Waals surface area contributed by atoms with Gasteiger partial charge in [0.2, 0.25) is 5.91 Å². The normalized spacial score (nSPS) is 22.1. The quantitative estimate of drug-likeness (QED) is 0.652. The van der Waals surface area contributed by atoms with Crippen molar-refractivity contribution in [3.05, 3.63) is 41.6 Å². The topological polar surface area (TPSA) is 127 Å². The minimum atomic E-state index is -0.725. The van der Waals surface area contributed by atoms with E-state index in [2.05, 4.69) is 25.4 Å². The minimum absolute atomic E-state index is 0.102. The molecule has 1 N–H and O–H groups in total. The number of amides is 1. The molecule has 1 atom stereocenters. The number of cyclic esters (lactones) is 1. The molecule has 0 unspecified atom stereocenters. The van der Waals surface area contributed by atoms with Crippen molar-refractivity contribution < 1.29 is 19.4 Å². The molecule has 2 aromatic rings. The smallest absolute Gasteiger partial charge is 0.336 e. The third-order valence-electron chi connectivity index (χ3n) is 6.89. The van der Waals surface area contributed by atoms with Crippen LogP contribution >= 0.6 is 0 Å². The van der Waals surface area contributed by atoms with Crippen LogP contribution in [-0.2, 0) is 14.3 Å². The number of β-amino-alcohol motifs (C(OH)–C–C–N with tert-alkyl or cyclic N) is 1. The summed E-state index contributed by atoms with van der Waals surface area (Å²) in [5.74, 6) is -0.234. The number of ether oxygens (including phenoxy) is 1. The van der Waals surface area contributed by atoms with Gasteiger partial charge in [0.05, 0.1) is 34.3 Å². The Morgan fingerprint density at radius 3 is 2.59 bits per heavy atom. The van der Waals surface area contributed by atoms with Crippen LogP contribution in [0.5, 0.6) is 0 Å². The zero-order chi connectivity index (χ0) is 22.3. The molecule has 11 nitrogen and oxygen atoms in total. The maximum atomic E-state index is 13.2. The number of tetrazole rings is 1. The molecule has 1 spiro atoms. The molecule has 0 radical (unpaired) electrons. The van der Waals surface area contributed by atoms with E-state index in [1.807, 2.05) is 6.07 Å². The van der Waals surface area contributed by atoms with Gasteiger partial charge < -0.3 is 19.6 Å². The summed E-state index contributed by atoms with van der Waals surface area (Å²) in [6.07, 6.45) is 4.64. The number of pyridine rings is 1. The molecule has 3 aliphatic rings. The average molecular weight is 439 g/mol. The van der Waals surface area contributed by atoms with E-state index in [1.165, 1.54) is 11.0 Å². The molecule has 0 aliphatic carbocycles. The predicted octanol–water partition coefficient (Wildman–Crippen LogP) is 0.236. The second-order valence-electron chi connectivity index (χ2n) is 8.65. The van der Waals surface area contributed by atoms with Crippen LogP contribution in [0.4, 0.5) is 0 Å². The second kappa shape index (κ2) is 8.06. The number of aliphatic hydroxyl groups excluding tert-OH is 1. The van der Waals surface area contributed by atoms with Crippen LogP contribution < -0.4 is 0 Å². The Balaban J connectivity index is 1.18. The maximum absolute atomic E-state index is 13.2. The highest BCUT2D eigenvalue weighted by atomic mass is 16.5. The number of hydrogen-bond donors (Lipinski definition) is 1. The van der Waals surface area contributed by atoms with Crippen molar-refractivity contribution in [1.82, 2.24) is 35.0 Å². The lowest BCUT2D eigenvalue weighted by molar-refractivity contribution is -0.138. The molecule has 2 aromatic heterocycles. The summed E-state index contributed by atoms with van der Waals surface area (Å²) < 4.78 is 6.59. The molecule has 168 valence electrons. The fraction of sp³-hybridized carbons (Fsp3) is 0.524. The number of rotatable bonds is 5. The van der Waals surface area contributed by atoms with Gasteiger partial charge in [-0.2, -0.15) is 4.68 Å². The van der Waals surface area contributed by atoms with Crippen LogP contribution in [0.1, 0.15) is 38.0 Å². The van der Waals surface area contributed by atoms with Crippen molar-refractivity contribution in [2.24, 2.45) is 5.41 Å². The third kappa shape index (κ3) is 3.56. The monoisotopic (exact) mass is 439 g/mol. The lowest BCUT2D eigenvalue weighted by atomic mass is 9.77. The number of esters is 1. The summed E-state index contributed by atoms with van der Waals surface area (Å²) >= 11 is 0. The molecule has 2 saturated heterocycles. The molecule has 0 bridgehead atoms. The molecule has 0 aromatic carbocycles. The Labute approximate surface area is 184 Å². The fourth-order valence-corrected chi connectivity index (χ4v) is 4.80. The SMILES string of the molecule is CC1=C(N2CCC3(CCN(C[C@H](O)c4ccc(-n5cnnn5)cn4)CC3)C2=O)COC1=O. The van der Waals surface area contributed by atoms with E-state index >= 15 is 0 Å². The van der Waals surface area contributed by atoms with E-state index in [4.69, 9.17) is 4.74 Å². The van der Waals surface area contributed by atoms with Gasteiger partial charge >= 0.3 is 5.97 Å². The Morgan fingerprint density at radius 1 is 1.19 bits per heavy atom. The summed E-state index contributed by atoms with van der Waals surface area (Å²) in [6, 6.07) is 3.58. The first kappa shape index (κ1) is 20.7. The number of carbonyl (C=O) groups excluding carboxylic acids is 2. The minimum Gasteiger partial charge on any atom is -0.456 e. The number of aliphatic hydroxyl groups is 1. The lowest BCUT2D eigenvalue weighted by Gasteiger charge is -2.38. The highest BCUT2D eigenvalue weighted by molar-refractivity contribution is 5.94. The van der Waals surface area contributed by atoms with Crippen LogP contribution in [0.25, 0.3) is 5.69 Å². The maximum Gasteiger partial charge on any atom is 0.336 e. The largest absolute Gasteiger partial charge is 0.456 e. The summed E-state index contributed by atoms with van der Waals surface area (Å²) in [7, 11) is 0. The number of hydrogen-bond acceptors (Lipinski definition) is 9. The molecular formula is C21H25N7O4. The van der Waals surface area contributed by atoms with E-state index in [0.29, 0.717) is 30.1 Å². The van der Waals surface area contributed by atoms with Crippen molar-refractivity contribution in [1.29, 1.82) is 0 Å². The van der Waals surface area contributed by atoms with Gasteiger partial charge in [0.1, 0.15) is 19.0 Å². The van der Waals surface area contributed by atoms with Crippen molar-refractivity contribution in [3.8, 4) is 5.69 Å². The van der Waals surface area contributed by atoms with Gasteiger partial charge in [-0.3, -0.25) is 9.78 Å². The first-order valence-electron chi connectivity index (χ1n) is 10.8. The van der Waals surface area contributed by atoms with Gasteiger partial charge in [-0.25, -0.2) is 4.79 Å². The molecular weight excluding hydrogens is 414 g/mol. The van der Waals surface area contributed by atoms with Crippen LogP contribution in [-0.4, -0.2) is 84.8 Å². The van der Waals surface area contributed by atoms with Gasteiger partial charge in [0, 0.05) is 13.1 Å². The number of likely N-dealkylation sites (tertiary alicyclic amines) is 2. The van der Waals surface area contributed by atoms with Gasteiger partial charge in [0.15, 0.2) is 0 Å². The molecule has 5 rings (SSSR count). The fourth-order valence-electron chi connectivity index (χ4n) is 4.80. The van der Waals surface area contributed by atoms with Gasteiger partial charge in [-0.15, -0.1) is 5.10 Å². The molecule has 3 aliphatic heterocycles. The van der Waals surface area contributed by atoms with Crippen LogP contribution in [0.2, 0.25) is 0 Å². The summed E-state index contributed by atoms with van der Waals surface area (Å²) in [6.45, 7) is 4.44. The molecule has 0 saturated carbocycles. The first-order chi connectivity index (χ1) is 15.5. The Hall–Kier alpha value is -3.18. The summed E-state index contributed by atoms with van der Waals surface area (Å²) in [5, 5.41) is 21.7. The number of aromatic nitrogens is 5. The standard InChI is InChI=1S/C21H25N7O4/c1-14-17(12-32-19(14)30)27-9-6-21(20(27)31)4-7-26(8-5-21)11-18(29)16-3-2-15(10-22-16)28-13-23-24-25-28/h2-3,10,13,18,29H,4-9,11-12H2,1H3/t18-/m0/s1. The van der Waals surface area contributed by atoms with Crippen molar-refractivity contribution in [2.75, 3.05) is 32.8 Å². The highest BCUT2D eigenvalue weighted by Gasteiger charge is 2.50. The van der Waals surface area contributed by atoms with Crippen molar-refractivity contribution in [3.63, 3.8) is 0 Å². The molecule has 2 fully saturated rings. The molecule has 1 amide bonds. The predicted molar refractivity (Wildman–Crippen MR) is 110 cm³/mol. The van der Waals surface area contributed by atoms with Crippen LogP contribution in [0, 0.1) is 5.41 Å². The van der Waals surface area contributed by atoms with E-state index in [0.717, 1.165) is 38.0 Å². The van der Waals surface area contributed by atoms with Gasteiger partial charge in [0.25, 0.3) is 0 Å². The Morgan fingerprint density at radius 2 is 1.97 bits per heavy atom. The van der Waals surface area contributed by atoms with Gasteiger partial charge in [-0.05, 0) is 61.8 Å². The zero-order valence-corrected chi connectivity index (χ0v) is 17.8. The van der Waals surface area contributed by atoms with Crippen LogP contribution in [0.15, 0.2) is 35.9 Å². The Bertz CT molecular complexity index is 1040. The van der Waals surface area contributed by atoms with E-state index in [9.17, 15) is 14.7 Å². The molecule has 5 heterocycles. The highest BCUT2D eigenvalue weighted by Crippen LogP contribution is 2.43. The first-order valence-corrected chi connectivity index (χ1v) is 10.8. The van der Waals surface area contributed by atoms with Crippen LogP contribution in [0.3, 0.4) is 0 Å². The summed E-state index contributed by atoms with van der Waals surface area (Å²) in [4.78, 5) is 33.2. The molecule has 32 heavy (non-hydrogen) atoms. The van der Waals surface area contributed by atoms with Gasteiger partial charge in [-0.1, -0.05) is 0 Å². The number of carbonyl (C=O) groups is 2. The summed E-state index contributed by atoms with van der Waals surface area (Å²) in [5.41, 5.74) is 2.17. The van der Waals surface area contributed by atoms with E-state index in [-0.39, 0.29) is 23.9 Å². The van der Waals surface area contributed by atoms with E-state index < -0.39 is 6.10 Å². The lowest BCUT2D eigenvalue weighted by Crippen LogP contribution is -2.45. The van der Waals surface area contributed by atoms with Crippen molar-refractivity contribution >= 4 is 11.9 Å². The third-order valence-corrected chi connectivity index (χ3v) is 6.89. The number of nitrogens with zero attached hydrogens (tertiary/aromatic N) is 7. The van der Waals surface area contributed by atoms with Crippen molar-refractivity contribution in [2.45, 2.75) is 32.3 Å².